The van der Waals surface area contributed by atoms with E-state index in [9.17, 15) is 4.79 Å². The number of aromatic nitrogens is 1. The number of nitrogens with one attached hydrogen (secondary N) is 1. The molecule has 1 aromatic heterocycles. The lowest BCUT2D eigenvalue weighted by molar-refractivity contribution is -0.135. The summed E-state index contributed by atoms with van der Waals surface area (Å²) >= 11 is 1.69. The lowest BCUT2D eigenvalue weighted by Gasteiger charge is -2.39. The second kappa shape index (κ2) is 12.0. The largest absolute Gasteiger partial charge is 0.357 e. The molecule has 0 saturated carbocycles. The van der Waals surface area contributed by atoms with Crippen LogP contribution in [0.1, 0.15) is 37.4 Å². The lowest BCUT2D eigenvalue weighted by atomic mass is 10.2. The summed E-state index contributed by atoms with van der Waals surface area (Å²) in [6.45, 7) is 13.3. The third-order valence-corrected chi connectivity index (χ3v) is 6.39. The Morgan fingerprint density at radius 2 is 1.90 bits per heavy atom. The zero-order valence-electron chi connectivity index (χ0n) is 17.9. The number of thiazole rings is 1. The highest BCUT2D eigenvalue weighted by atomic mass is 127. The van der Waals surface area contributed by atoms with Crippen molar-refractivity contribution in [3.05, 3.63) is 16.1 Å². The molecule has 0 spiro atoms. The summed E-state index contributed by atoms with van der Waals surface area (Å²) in [6.07, 6.45) is 3.17. The molecule has 2 fully saturated rings. The first-order valence-corrected chi connectivity index (χ1v) is 11.4. The first kappa shape index (κ1) is 24.3. The molecule has 3 rings (SSSR count). The Morgan fingerprint density at radius 3 is 2.48 bits per heavy atom. The Kier molecular flexibility index (Phi) is 10.1. The number of aryl methyl sites for hydroxylation is 1. The van der Waals surface area contributed by atoms with E-state index in [2.05, 4.69) is 39.3 Å². The molecule has 29 heavy (non-hydrogen) atoms. The summed E-state index contributed by atoms with van der Waals surface area (Å²) in [5.74, 6) is 1.28. The van der Waals surface area contributed by atoms with E-state index in [1.165, 1.54) is 0 Å². The van der Waals surface area contributed by atoms with Gasteiger partial charge in [0.15, 0.2) is 5.96 Å². The molecular formula is C20H35IN6OS. The van der Waals surface area contributed by atoms with Crippen LogP contribution in [0.15, 0.2) is 10.4 Å². The van der Waals surface area contributed by atoms with Crippen molar-refractivity contribution in [3.63, 3.8) is 0 Å². The summed E-state index contributed by atoms with van der Waals surface area (Å²) in [6, 6.07) is -0.0207. The van der Waals surface area contributed by atoms with E-state index in [1.54, 1.807) is 11.3 Å². The van der Waals surface area contributed by atoms with Gasteiger partial charge in [0.25, 0.3) is 0 Å². The third kappa shape index (κ3) is 6.78. The molecule has 0 aromatic carbocycles. The first-order valence-electron chi connectivity index (χ1n) is 10.6. The van der Waals surface area contributed by atoms with Gasteiger partial charge >= 0.3 is 0 Å². The molecule has 1 aromatic rings. The highest BCUT2D eigenvalue weighted by Gasteiger charge is 2.30. The second-order valence-electron chi connectivity index (χ2n) is 7.57. The maximum Gasteiger partial charge on any atom is 0.239 e. The van der Waals surface area contributed by atoms with Crippen LogP contribution < -0.4 is 5.32 Å². The summed E-state index contributed by atoms with van der Waals surface area (Å²) < 4.78 is 0. The van der Waals surface area contributed by atoms with Gasteiger partial charge in [0.2, 0.25) is 5.91 Å². The number of carbonyl (C=O) groups is 1. The summed E-state index contributed by atoms with van der Waals surface area (Å²) in [5, 5.41) is 6.65. The Balaban J connectivity index is 0.00000300. The quantitative estimate of drug-likeness (QED) is 0.345. The van der Waals surface area contributed by atoms with Crippen LogP contribution in [0.2, 0.25) is 0 Å². The van der Waals surface area contributed by atoms with E-state index >= 15 is 0 Å². The highest BCUT2D eigenvalue weighted by molar-refractivity contribution is 14.0. The molecule has 2 saturated heterocycles. The van der Waals surface area contributed by atoms with E-state index in [0.29, 0.717) is 5.91 Å². The van der Waals surface area contributed by atoms with Crippen LogP contribution in [0.3, 0.4) is 0 Å². The number of likely N-dealkylation sites (tertiary alicyclic amines) is 1. The van der Waals surface area contributed by atoms with Gasteiger partial charge in [0, 0.05) is 64.2 Å². The fourth-order valence-electron chi connectivity index (χ4n) is 3.90. The number of halogens is 1. The fraction of sp³-hybridized carbons (Fsp3) is 0.750. The Labute approximate surface area is 196 Å². The standard InChI is InChI=1S/C20H34N6OS.HI/c1-4-21-20(22-8-7-18-15-28-17(3)23-18)26-13-11-24(12-14-26)16(2)19(27)25-9-5-6-10-25;/h15-16H,4-14H2,1-3H3,(H,21,22);1H. The van der Waals surface area contributed by atoms with Crippen LogP contribution in [0, 0.1) is 6.92 Å². The molecule has 1 amide bonds. The lowest BCUT2D eigenvalue weighted by Crippen LogP contribution is -2.57. The molecule has 7 nitrogen and oxygen atoms in total. The number of carbonyl (C=O) groups excluding carboxylic acids is 1. The van der Waals surface area contributed by atoms with Gasteiger partial charge in [-0.2, -0.15) is 0 Å². The topological polar surface area (TPSA) is 64.1 Å². The van der Waals surface area contributed by atoms with Crippen LogP contribution in [0.25, 0.3) is 0 Å². The van der Waals surface area contributed by atoms with Crippen molar-refractivity contribution in [2.24, 2.45) is 4.99 Å². The van der Waals surface area contributed by atoms with Crippen LogP contribution >= 0.6 is 35.3 Å². The van der Waals surface area contributed by atoms with Crippen LogP contribution in [0.4, 0.5) is 0 Å². The van der Waals surface area contributed by atoms with Crippen molar-refractivity contribution < 1.29 is 4.79 Å². The number of amides is 1. The molecule has 1 unspecified atom stereocenters. The SMILES string of the molecule is CCNC(=NCCc1csc(C)n1)N1CCN(C(C)C(=O)N2CCCC2)CC1.I. The maximum absolute atomic E-state index is 12.7. The van der Waals surface area contributed by atoms with Crippen LogP contribution in [-0.4, -0.2) is 90.0 Å². The van der Waals surface area contributed by atoms with Crippen LogP contribution in [0.5, 0.6) is 0 Å². The predicted molar refractivity (Wildman–Crippen MR) is 130 cm³/mol. The molecular weight excluding hydrogens is 499 g/mol. The minimum absolute atomic E-state index is 0. The van der Waals surface area contributed by atoms with Crippen molar-refractivity contribution in [2.45, 2.75) is 46.1 Å². The number of hydrogen-bond donors (Lipinski definition) is 1. The van der Waals surface area contributed by atoms with E-state index in [4.69, 9.17) is 4.99 Å². The van der Waals surface area contributed by atoms with Crippen molar-refractivity contribution >= 4 is 47.2 Å². The van der Waals surface area contributed by atoms with Gasteiger partial charge in [-0.05, 0) is 33.6 Å². The minimum Gasteiger partial charge on any atom is -0.357 e. The maximum atomic E-state index is 12.7. The average Bonchev–Trinajstić information content (AvgIpc) is 3.38. The van der Waals surface area contributed by atoms with Gasteiger partial charge in [-0.15, -0.1) is 35.3 Å². The third-order valence-electron chi connectivity index (χ3n) is 5.57. The van der Waals surface area contributed by atoms with Crippen molar-refractivity contribution in [2.75, 3.05) is 52.4 Å². The molecule has 0 bridgehead atoms. The average molecular weight is 535 g/mol. The van der Waals surface area contributed by atoms with E-state index in [-0.39, 0.29) is 30.0 Å². The molecule has 2 aliphatic rings. The zero-order chi connectivity index (χ0) is 19.9. The second-order valence-corrected chi connectivity index (χ2v) is 8.64. The monoisotopic (exact) mass is 534 g/mol. The van der Waals surface area contributed by atoms with Crippen molar-refractivity contribution in [1.29, 1.82) is 0 Å². The van der Waals surface area contributed by atoms with Gasteiger partial charge in [-0.25, -0.2) is 4.98 Å². The van der Waals surface area contributed by atoms with Crippen molar-refractivity contribution in [1.82, 2.24) is 25.0 Å². The molecule has 1 N–H and O–H groups in total. The Hall–Kier alpha value is -0.940. The smallest absolute Gasteiger partial charge is 0.239 e. The molecule has 164 valence electrons. The number of rotatable bonds is 6. The minimum atomic E-state index is -0.0207. The number of hydrogen-bond acceptors (Lipinski definition) is 5. The molecule has 0 aliphatic carbocycles. The van der Waals surface area contributed by atoms with Gasteiger partial charge < -0.3 is 15.1 Å². The molecule has 3 heterocycles. The Bertz CT molecular complexity index is 668. The predicted octanol–water partition coefficient (Wildman–Crippen LogP) is 2.21. The molecule has 2 aliphatic heterocycles. The molecule has 9 heteroatoms. The summed E-state index contributed by atoms with van der Waals surface area (Å²) in [4.78, 5) is 28.7. The summed E-state index contributed by atoms with van der Waals surface area (Å²) in [7, 11) is 0. The highest BCUT2D eigenvalue weighted by Crippen LogP contribution is 2.14. The normalized spacial score (nSPS) is 19.2. The summed E-state index contributed by atoms with van der Waals surface area (Å²) in [5.41, 5.74) is 1.13. The Morgan fingerprint density at radius 1 is 1.21 bits per heavy atom. The van der Waals surface area contributed by atoms with Crippen LogP contribution in [-0.2, 0) is 11.2 Å². The van der Waals surface area contributed by atoms with E-state index in [1.807, 2.05) is 11.8 Å². The molecule has 1 atom stereocenters. The number of nitrogens with zero attached hydrogens (tertiary/aromatic N) is 5. The van der Waals surface area contributed by atoms with E-state index < -0.39 is 0 Å². The van der Waals surface area contributed by atoms with E-state index in [0.717, 1.165) is 88.3 Å². The van der Waals surface area contributed by atoms with Gasteiger partial charge in [-0.1, -0.05) is 0 Å². The first-order chi connectivity index (χ1) is 13.6. The van der Waals surface area contributed by atoms with Crippen molar-refractivity contribution in [3.8, 4) is 0 Å². The van der Waals surface area contributed by atoms with Gasteiger partial charge in [0.1, 0.15) is 0 Å². The van der Waals surface area contributed by atoms with Gasteiger partial charge in [-0.3, -0.25) is 14.7 Å². The number of aliphatic imine (C=N–C) groups is 1. The number of piperazine rings is 1. The number of guanidine groups is 1. The molecule has 0 radical (unpaired) electrons. The fourth-order valence-corrected chi connectivity index (χ4v) is 4.55. The zero-order valence-corrected chi connectivity index (χ0v) is 21.0. The van der Waals surface area contributed by atoms with Gasteiger partial charge in [0.05, 0.1) is 16.7 Å².